The normalized spacial score (nSPS) is 12.2. The number of halogens is 2. The first-order valence-corrected chi connectivity index (χ1v) is 6.95. The highest BCUT2D eigenvalue weighted by Gasteiger charge is 2.19. The van der Waals surface area contributed by atoms with Crippen molar-refractivity contribution < 1.29 is 17.7 Å². The number of methoxy groups -OCH3 is 1. The average Bonchev–Trinajstić information content (AvgIpc) is 2.38. The first-order chi connectivity index (χ1) is 9.52. The molecule has 2 rings (SSSR count). The molecule has 0 amide bonds. The lowest BCUT2D eigenvalue weighted by Crippen LogP contribution is -2.05. The minimum atomic E-state index is -1.90. The number of ether oxygens (including phenoxy) is 1. The monoisotopic (exact) mass is 298 g/mol. The third-order valence-electron chi connectivity index (χ3n) is 2.58. The van der Waals surface area contributed by atoms with Gasteiger partial charge in [-0.05, 0) is 18.2 Å². The van der Waals surface area contributed by atoms with Crippen molar-refractivity contribution in [3.8, 4) is 5.88 Å². The van der Waals surface area contributed by atoms with E-state index in [1.165, 1.54) is 13.3 Å². The summed E-state index contributed by atoms with van der Waals surface area (Å²) in [6, 6.07) is 5.15. The molecule has 1 atom stereocenters. The number of anilines is 1. The van der Waals surface area contributed by atoms with Crippen molar-refractivity contribution in [3.05, 3.63) is 47.7 Å². The maximum absolute atomic E-state index is 13.7. The van der Waals surface area contributed by atoms with Crippen LogP contribution < -0.4 is 10.5 Å². The van der Waals surface area contributed by atoms with Crippen LogP contribution in [0.15, 0.2) is 35.4 Å². The number of rotatable bonds is 4. The smallest absolute Gasteiger partial charge is 0.217 e. The first-order valence-electron chi connectivity index (χ1n) is 5.63. The van der Waals surface area contributed by atoms with Gasteiger partial charge in [-0.2, -0.15) is 0 Å². The van der Waals surface area contributed by atoms with E-state index in [1.54, 1.807) is 12.1 Å². The van der Waals surface area contributed by atoms with Gasteiger partial charge in [0.2, 0.25) is 5.88 Å². The second kappa shape index (κ2) is 5.96. The van der Waals surface area contributed by atoms with Crippen molar-refractivity contribution in [2.24, 2.45) is 0 Å². The molecule has 0 aliphatic heterocycles. The Morgan fingerprint density at radius 1 is 1.35 bits per heavy atom. The molecule has 106 valence electrons. The number of aromatic nitrogens is 1. The third-order valence-corrected chi connectivity index (χ3v) is 4.00. The van der Waals surface area contributed by atoms with Crippen molar-refractivity contribution >= 4 is 16.5 Å². The number of nitrogen functional groups attached to an aromatic ring is 1. The lowest BCUT2D eigenvalue weighted by Gasteiger charge is -2.08. The zero-order chi connectivity index (χ0) is 14.7. The van der Waals surface area contributed by atoms with E-state index < -0.39 is 27.3 Å². The Morgan fingerprint density at radius 3 is 2.60 bits per heavy atom. The van der Waals surface area contributed by atoms with Gasteiger partial charge in [0.05, 0.1) is 23.7 Å². The van der Waals surface area contributed by atoms with E-state index in [0.717, 1.165) is 12.1 Å². The van der Waals surface area contributed by atoms with Crippen LogP contribution in [0.2, 0.25) is 0 Å². The summed E-state index contributed by atoms with van der Waals surface area (Å²) >= 11 is 0. The maximum atomic E-state index is 13.7. The van der Waals surface area contributed by atoms with E-state index in [0.29, 0.717) is 5.56 Å². The largest absolute Gasteiger partial charge is 0.481 e. The molecule has 20 heavy (non-hydrogen) atoms. The van der Waals surface area contributed by atoms with Gasteiger partial charge in [-0.25, -0.2) is 13.8 Å². The zero-order valence-corrected chi connectivity index (χ0v) is 11.4. The number of hydrogen-bond acceptors (Lipinski definition) is 4. The summed E-state index contributed by atoms with van der Waals surface area (Å²) in [5, 5.41) is 0. The van der Waals surface area contributed by atoms with E-state index in [4.69, 9.17) is 10.5 Å². The average molecular weight is 298 g/mol. The first kappa shape index (κ1) is 14.4. The van der Waals surface area contributed by atoms with Crippen LogP contribution in [0.4, 0.5) is 14.5 Å². The molecule has 1 heterocycles. The van der Waals surface area contributed by atoms with Gasteiger partial charge >= 0.3 is 0 Å². The summed E-state index contributed by atoms with van der Waals surface area (Å²) in [6.45, 7) is 0. The predicted octanol–water partition coefficient (Wildman–Crippen LogP) is 2.26. The van der Waals surface area contributed by atoms with E-state index in [2.05, 4.69) is 4.98 Å². The Bertz CT molecular complexity index is 642. The minimum absolute atomic E-state index is 0.0558. The molecule has 0 saturated heterocycles. The fourth-order valence-corrected chi connectivity index (χ4v) is 2.93. The molecule has 2 aromatic rings. The van der Waals surface area contributed by atoms with Crippen molar-refractivity contribution in [2.75, 3.05) is 12.8 Å². The van der Waals surface area contributed by atoms with Crippen LogP contribution >= 0.6 is 0 Å². The van der Waals surface area contributed by atoms with Crippen molar-refractivity contribution in [1.29, 1.82) is 0 Å². The molecule has 0 fully saturated rings. The van der Waals surface area contributed by atoms with Crippen molar-refractivity contribution in [3.63, 3.8) is 0 Å². The van der Waals surface area contributed by atoms with Gasteiger partial charge in [0.25, 0.3) is 0 Å². The molecule has 0 spiro atoms. The van der Waals surface area contributed by atoms with Crippen LogP contribution in [-0.4, -0.2) is 16.3 Å². The number of hydrogen-bond donors (Lipinski definition) is 1. The molecule has 0 aliphatic rings. The number of nitrogens with two attached hydrogens (primary N) is 1. The Balaban J connectivity index is 2.34. The molecular weight excluding hydrogens is 286 g/mol. The highest BCUT2D eigenvalue weighted by molar-refractivity contribution is 7.84. The molecule has 1 unspecified atom stereocenters. The molecule has 0 radical (unpaired) electrons. The standard InChI is InChI=1S/C13H12F2N2O2S/c1-19-13-8(3-2-4-17-13)7-20(18)12-10(14)5-9(16)6-11(12)15/h2-6H,7,16H2,1H3. The van der Waals surface area contributed by atoms with Gasteiger partial charge < -0.3 is 10.5 Å². The van der Waals surface area contributed by atoms with E-state index >= 15 is 0 Å². The molecule has 0 aliphatic carbocycles. The predicted molar refractivity (Wildman–Crippen MR) is 71.7 cm³/mol. The molecule has 2 N–H and O–H groups in total. The third kappa shape index (κ3) is 2.93. The van der Waals surface area contributed by atoms with Crippen LogP contribution in [0.1, 0.15) is 5.56 Å². The number of pyridine rings is 1. The summed E-state index contributed by atoms with van der Waals surface area (Å²) in [4.78, 5) is 3.44. The van der Waals surface area contributed by atoms with Crippen LogP contribution in [0.3, 0.4) is 0 Å². The molecular formula is C13H12F2N2O2S. The Labute approximate surface area is 117 Å². The summed E-state index contributed by atoms with van der Waals surface area (Å²) in [5.74, 6) is -1.68. The Morgan fingerprint density at radius 2 is 2.00 bits per heavy atom. The fraction of sp³-hybridized carbons (Fsp3) is 0.154. The Kier molecular flexibility index (Phi) is 4.29. The van der Waals surface area contributed by atoms with Gasteiger partial charge in [0, 0.05) is 17.4 Å². The number of nitrogens with zero attached hydrogens (tertiary/aromatic N) is 1. The van der Waals surface area contributed by atoms with Crippen LogP contribution in [0.5, 0.6) is 5.88 Å². The van der Waals surface area contributed by atoms with Gasteiger partial charge in [-0.15, -0.1) is 0 Å². The minimum Gasteiger partial charge on any atom is -0.481 e. The van der Waals surface area contributed by atoms with E-state index in [-0.39, 0.29) is 17.3 Å². The molecule has 1 aromatic heterocycles. The molecule has 0 saturated carbocycles. The highest BCUT2D eigenvalue weighted by atomic mass is 32.2. The second-order valence-corrected chi connectivity index (χ2v) is 5.36. The van der Waals surface area contributed by atoms with Crippen LogP contribution in [-0.2, 0) is 16.6 Å². The van der Waals surface area contributed by atoms with E-state index in [9.17, 15) is 13.0 Å². The SMILES string of the molecule is COc1ncccc1CS(=O)c1c(F)cc(N)cc1F. The van der Waals surface area contributed by atoms with Crippen LogP contribution in [0, 0.1) is 11.6 Å². The molecule has 0 bridgehead atoms. The van der Waals surface area contributed by atoms with Gasteiger partial charge in [-0.3, -0.25) is 4.21 Å². The fourth-order valence-electron chi connectivity index (χ4n) is 1.73. The maximum Gasteiger partial charge on any atom is 0.217 e. The van der Waals surface area contributed by atoms with Crippen molar-refractivity contribution in [1.82, 2.24) is 4.98 Å². The van der Waals surface area contributed by atoms with Crippen molar-refractivity contribution in [2.45, 2.75) is 10.6 Å². The van der Waals surface area contributed by atoms with E-state index in [1.807, 2.05) is 0 Å². The van der Waals surface area contributed by atoms with Gasteiger partial charge in [0.15, 0.2) is 0 Å². The Hall–Kier alpha value is -2.02. The topological polar surface area (TPSA) is 65.2 Å². The highest BCUT2D eigenvalue weighted by Crippen LogP contribution is 2.24. The molecule has 1 aromatic carbocycles. The molecule has 7 heteroatoms. The summed E-state index contributed by atoms with van der Waals surface area (Å²) in [5.41, 5.74) is 5.77. The van der Waals surface area contributed by atoms with Gasteiger partial charge in [-0.1, -0.05) is 6.07 Å². The lowest BCUT2D eigenvalue weighted by molar-refractivity contribution is 0.394. The summed E-state index contributed by atoms with van der Waals surface area (Å²) in [7, 11) is -0.487. The molecule has 4 nitrogen and oxygen atoms in total. The number of benzene rings is 1. The summed E-state index contributed by atoms with van der Waals surface area (Å²) < 4.78 is 44.5. The summed E-state index contributed by atoms with van der Waals surface area (Å²) in [6.07, 6.45) is 1.51. The quantitative estimate of drug-likeness (QED) is 0.879. The van der Waals surface area contributed by atoms with Crippen LogP contribution in [0.25, 0.3) is 0 Å². The second-order valence-electron chi connectivity index (χ2n) is 3.98. The zero-order valence-electron chi connectivity index (χ0n) is 10.6. The lowest BCUT2D eigenvalue weighted by atomic mass is 10.3. The van der Waals surface area contributed by atoms with Gasteiger partial charge in [0.1, 0.15) is 16.5 Å².